The number of amides is 1. The van der Waals surface area contributed by atoms with Crippen molar-refractivity contribution in [2.75, 3.05) is 0 Å². The second kappa shape index (κ2) is 6.84. The van der Waals surface area contributed by atoms with Crippen LogP contribution < -0.4 is 0 Å². The van der Waals surface area contributed by atoms with Crippen molar-refractivity contribution in [1.82, 2.24) is 9.88 Å². The Hall–Kier alpha value is -3.03. The molecule has 0 fully saturated rings. The maximum Gasteiger partial charge on any atom is 0.433 e. The number of halogens is 3. The van der Waals surface area contributed by atoms with Gasteiger partial charge in [-0.05, 0) is 36.4 Å². The Morgan fingerprint density at radius 2 is 1.60 bits per heavy atom. The molecule has 0 N–H and O–H groups in total. The average Bonchev–Trinajstić information content (AvgIpc) is 3.27. The van der Waals surface area contributed by atoms with E-state index in [1.165, 1.54) is 17.4 Å². The second-order valence-electron chi connectivity index (χ2n) is 5.25. The first-order valence-electron chi connectivity index (χ1n) is 7.31. The molecule has 1 amide bonds. The van der Waals surface area contributed by atoms with E-state index >= 15 is 0 Å². The van der Waals surface area contributed by atoms with Crippen molar-refractivity contribution in [3.05, 3.63) is 77.9 Å². The van der Waals surface area contributed by atoms with Gasteiger partial charge in [0.05, 0.1) is 31.2 Å². The summed E-state index contributed by atoms with van der Waals surface area (Å²) >= 11 is 0. The summed E-state index contributed by atoms with van der Waals surface area (Å²) in [5.41, 5.74) is -1.00. The van der Waals surface area contributed by atoms with Crippen LogP contribution in [0.1, 0.15) is 27.6 Å². The molecule has 0 aliphatic rings. The fourth-order valence-corrected chi connectivity index (χ4v) is 2.25. The third-order valence-corrected chi connectivity index (χ3v) is 3.44. The third-order valence-electron chi connectivity index (χ3n) is 3.44. The molecule has 0 aliphatic carbocycles. The van der Waals surface area contributed by atoms with Crippen LogP contribution in [0.4, 0.5) is 13.2 Å². The molecule has 0 atom stereocenters. The standard InChI is InChI=1S/C17H13F3N2O3/c18-17(19,20)15-6-5-12(9-21-15)16(23)22(10-13-3-1-7-24-13)11-14-4-2-8-25-14/h1-9H,10-11H2. The maximum atomic E-state index is 12.7. The number of carbonyl (C=O) groups is 1. The van der Waals surface area contributed by atoms with E-state index in [0.29, 0.717) is 11.5 Å². The van der Waals surface area contributed by atoms with Gasteiger partial charge in [-0.1, -0.05) is 0 Å². The normalized spacial score (nSPS) is 11.5. The van der Waals surface area contributed by atoms with E-state index in [2.05, 4.69) is 4.98 Å². The highest BCUT2D eigenvalue weighted by molar-refractivity contribution is 5.93. The number of furan rings is 2. The molecule has 3 rings (SSSR count). The fourth-order valence-electron chi connectivity index (χ4n) is 2.25. The Morgan fingerprint density at radius 3 is 2.00 bits per heavy atom. The Kier molecular flexibility index (Phi) is 4.60. The lowest BCUT2D eigenvalue weighted by molar-refractivity contribution is -0.141. The number of nitrogens with zero attached hydrogens (tertiary/aromatic N) is 2. The zero-order chi connectivity index (χ0) is 17.9. The van der Waals surface area contributed by atoms with Crippen LogP contribution in [-0.2, 0) is 19.3 Å². The molecule has 0 aliphatic heterocycles. The van der Waals surface area contributed by atoms with E-state index in [1.807, 2.05) is 0 Å². The zero-order valence-corrected chi connectivity index (χ0v) is 12.9. The van der Waals surface area contributed by atoms with Gasteiger partial charge in [0.1, 0.15) is 17.2 Å². The van der Waals surface area contributed by atoms with Crippen molar-refractivity contribution < 1.29 is 26.8 Å². The first kappa shape index (κ1) is 16.8. The number of pyridine rings is 1. The lowest BCUT2D eigenvalue weighted by Gasteiger charge is -2.20. The topological polar surface area (TPSA) is 59.5 Å². The highest BCUT2D eigenvalue weighted by Crippen LogP contribution is 2.27. The number of carbonyl (C=O) groups excluding carboxylic acids is 1. The summed E-state index contributed by atoms with van der Waals surface area (Å²) in [6.45, 7) is 0.293. The van der Waals surface area contributed by atoms with Crippen molar-refractivity contribution in [3.8, 4) is 0 Å². The first-order valence-corrected chi connectivity index (χ1v) is 7.31. The fraction of sp³-hybridized carbons (Fsp3) is 0.176. The molecule has 3 heterocycles. The van der Waals surface area contributed by atoms with Gasteiger partial charge in [0.15, 0.2) is 0 Å². The molecule has 0 saturated heterocycles. The van der Waals surface area contributed by atoms with Crippen molar-refractivity contribution in [1.29, 1.82) is 0 Å². The van der Waals surface area contributed by atoms with Gasteiger partial charge in [-0.25, -0.2) is 0 Å². The first-order chi connectivity index (χ1) is 11.9. The molecule has 0 aromatic carbocycles. The molecule has 0 saturated carbocycles. The number of hydrogen-bond donors (Lipinski definition) is 0. The van der Waals surface area contributed by atoms with Crippen molar-refractivity contribution in [3.63, 3.8) is 0 Å². The van der Waals surface area contributed by atoms with Crippen molar-refractivity contribution >= 4 is 5.91 Å². The SMILES string of the molecule is O=C(c1ccc(C(F)(F)F)nc1)N(Cc1ccco1)Cc1ccco1. The Balaban J connectivity index is 1.82. The second-order valence-corrected chi connectivity index (χ2v) is 5.25. The molecule has 3 aromatic heterocycles. The van der Waals surface area contributed by atoms with Gasteiger partial charge in [0.2, 0.25) is 0 Å². The molecule has 25 heavy (non-hydrogen) atoms. The highest BCUT2D eigenvalue weighted by Gasteiger charge is 2.32. The van der Waals surface area contributed by atoms with Crippen LogP contribution in [0.15, 0.2) is 64.0 Å². The minimum absolute atomic E-state index is 0.0473. The van der Waals surface area contributed by atoms with Gasteiger partial charge < -0.3 is 13.7 Å². The number of rotatable bonds is 5. The van der Waals surface area contributed by atoms with E-state index in [9.17, 15) is 18.0 Å². The summed E-state index contributed by atoms with van der Waals surface area (Å²) in [4.78, 5) is 17.4. The van der Waals surface area contributed by atoms with Crippen LogP contribution in [0.3, 0.4) is 0 Å². The molecule has 0 bridgehead atoms. The molecule has 5 nitrogen and oxygen atoms in total. The molecule has 3 aromatic rings. The number of alkyl halides is 3. The predicted molar refractivity (Wildman–Crippen MR) is 80.2 cm³/mol. The van der Waals surface area contributed by atoms with E-state index in [-0.39, 0.29) is 18.7 Å². The minimum atomic E-state index is -4.55. The molecular formula is C17H13F3N2O3. The van der Waals surface area contributed by atoms with Crippen LogP contribution in [0, 0.1) is 0 Å². The van der Waals surface area contributed by atoms with Crippen LogP contribution in [0.5, 0.6) is 0 Å². The van der Waals surface area contributed by atoms with E-state index in [4.69, 9.17) is 8.83 Å². The molecule has 8 heteroatoms. The van der Waals surface area contributed by atoms with Crippen LogP contribution in [-0.4, -0.2) is 15.8 Å². The summed E-state index contributed by atoms with van der Waals surface area (Å²) in [6.07, 6.45) is -0.679. The van der Waals surface area contributed by atoms with Gasteiger partial charge in [0.25, 0.3) is 5.91 Å². The monoisotopic (exact) mass is 350 g/mol. The summed E-state index contributed by atoms with van der Waals surface area (Å²) in [5.74, 6) is 0.605. The van der Waals surface area contributed by atoms with Crippen LogP contribution >= 0.6 is 0 Å². The summed E-state index contributed by atoms with van der Waals surface area (Å²) in [6, 6.07) is 8.66. The van der Waals surface area contributed by atoms with E-state index in [0.717, 1.165) is 18.3 Å². The highest BCUT2D eigenvalue weighted by atomic mass is 19.4. The van der Waals surface area contributed by atoms with Gasteiger partial charge in [-0.3, -0.25) is 9.78 Å². The largest absolute Gasteiger partial charge is 0.467 e. The predicted octanol–water partition coefficient (Wildman–Crippen LogP) is 4.13. The van der Waals surface area contributed by atoms with Gasteiger partial charge in [-0.2, -0.15) is 13.2 Å². The van der Waals surface area contributed by atoms with E-state index in [1.54, 1.807) is 24.3 Å². The lowest BCUT2D eigenvalue weighted by Crippen LogP contribution is -2.30. The molecule has 0 radical (unpaired) electrons. The third kappa shape index (κ3) is 4.09. The van der Waals surface area contributed by atoms with Gasteiger partial charge >= 0.3 is 6.18 Å². The van der Waals surface area contributed by atoms with Gasteiger partial charge in [-0.15, -0.1) is 0 Å². The zero-order valence-electron chi connectivity index (χ0n) is 12.9. The van der Waals surface area contributed by atoms with Crippen LogP contribution in [0.25, 0.3) is 0 Å². The Morgan fingerprint density at radius 1 is 1.00 bits per heavy atom. The Bertz CT molecular complexity index is 774. The number of hydrogen-bond acceptors (Lipinski definition) is 4. The number of aromatic nitrogens is 1. The van der Waals surface area contributed by atoms with Crippen molar-refractivity contribution in [2.45, 2.75) is 19.3 Å². The maximum absolute atomic E-state index is 12.7. The van der Waals surface area contributed by atoms with Gasteiger partial charge in [0, 0.05) is 6.20 Å². The Labute approximate surface area is 140 Å². The molecule has 0 unspecified atom stereocenters. The quantitative estimate of drug-likeness (QED) is 0.694. The van der Waals surface area contributed by atoms with Crippen LogP contribution in [0.2, 0.25) is 0 Å². The lowest BCUT2D eigenvalue weighted by atomic mass is 10.2. The molecule has 0 spiro atoms. The van der Waals surface area contributed by atoms with Crippen molar-refractivity contribution in [2.24, 2.45) is 0 Å². The smallest absolute Gasteiger partial charge is 0.433 e. The van der Waals surface area contributed by atoms with E-state index < -0.39 is 17.8 Å². The average molecular weight is 350 g/mol. The molecular weight excluding hydrogens is 337 g/mol. The molecule has 130 valence electrons. The summed E-state index contributed by atoms with van der Waals surface area (Å²) in [7, 11) is 0. The summed E-state index contributed by atoms with van der Waals surface area (Å²) < 4.78 is 48.3. The minimum Gasteiger partial charge on any atom is -0.467 e. The summed E-state index contributed by atoms with van der Waals surface area (Å²) in [5, 5.41) is 0.